The number of halogens is 2. The summed E-state index contributed by atoms with van der Waals surface area (Å²) in [6.07, 6.45) is 0. The second-order valence-corrected chi connectivity index (χ2v) is 5.03. The Bertz CT molecular complexity index is 337. The molecule has 0 spiro atoms. The van der Waals surface area contributed by atoms with Gasteiger partial charge in [0.1, 0.15) is 5.75 Å². The van der Waals surface area contributed by atoms with E-state index in [4.69, 9.17) is 16.3 Å². The number of benzene rings is 1. The van der Waals surface area contributed by atoms with Crippen molar-refractivity contribution in [2.24, 2.45) is 0 Å². The first-order valence-corrected chi connectivity index (χ1v) is 6.55. The fraction of sp³-hybridized carbons (Fsp3) is 0.500. The molecular formula is C12H16BrClO. The van der Waals surface area contributed by atoms with Gasteiger partial charge in [0.15, 0.2) is 0 Å². The van der Waals surface area contributed by atoms with Gasteiger partial charge in [-0.05, 0) is 36.1 Å². The van der Waals surface area contributed by atoms with Gasteiger partial charge in [0.25, 0.3) is 0 Å². The molecule has 0 aliphatic heterocycles. The Morgan fingerprint density at radius 1 is 1.40 bits per heavy atom. The molecule has 84 valence electrons. The Morgan fingerprint density at radius 2 is 2.07 bits per heavy atom. The Kier molecular flexibility index (Phi) is 4.94. The van der Waals surface area contributed by atoms with Crippen molar-refractivity contribution in [3.05, 3.63) is 28.3 Å². The van der Waals surface area contributed by atoms with E-state index in [-0.39, 0.29) is 0 Å². The van der Waals surface area contributed by atoms with Gasteiger partial charge in [-0.25, -0.2) is 0 Å². The first-order valence-electron chi connectivity index (χ1n) is 5.05. The molecule has 0 atom stereocenters. The normalized spacial score (nSPS) is 10.8. The van der Waals surface area contributed by atoms with Gasteiger partial charge >= 0.3 is 0 Å². The van der Waals surface area contributed by atoms with E-state index in [9.17, 15) is 0 Å². The zero-order valence-electron chi connectivity index (χ0n) is 9.31. The lowest BCUT2D eigenvalue weighted by Crippen LogP contribution is -2.01. The van der Waals surface area contributed by atoms with Gasteiger partial charge in [0.05, 0.1) is 6.61 Å². The number of hydrogen-bond donors (Lipinski definition) is 0. The number of rotatable bonds is 4. The van der Waals surface area contributed by atoms with Crippen LogP contribution < -0.4 is 4.74 Å². The Balaban J connectivity index is 3.00. The summed E-state index contributed by atoms with van der Waals surface area (Å²) < 4.78 is 5.63. The molecule has 0 aromatic heterocycles. The fourth-order valence-electron chi connectivity index (χ4n) is 1.42. The fourth-order valence-corrected chi connectivity index (χ4v) is 2.01. The summed E-state index contributed by atoms with van der Waals surface area (Å²) in [4.78, 5) is 0. The van der Waals surface area contributed by atoms with Gasteiger partial charge in [-0.3, -0.25) is 0 Å². The third-order valence-corrected chi connectivity index (χ3v) is 2.90. The van der Waals surface area contributed by atoms with E-state index in [0.29, 0.717) is 12.5 Å². The highest BCUT2D eigenvalue weighted by atomic mass is 79.9. The van der Waals surface area contributed by atoms with Crippen LogP contribution in [0.3, 0.4) is 0 Å². The highest BCUT2D eigenvalue weighted by Crippen LogP contribution is 2.31. The van der Waals surface area contributed by atoms with Gasteiger partial charge in [-0.15, -0.1) is 0 Å². The minimum absolute atomic E-state index is 0.421. The molecule has 1 aromatic carbocycles. The van der Waals surface area contributed by atoms with Gasteiger partial charge in [0.2, 0.25) is 0 Å². The first-order chi connectivity index (χ1) is 7.06. The maximum Gasteiger partial charge on any atom is 0.122 e. The second-order valence-electron chi connectivity index (χ2n) is 3.83. The number of hydrogen-bond acceptors (Lipinski definition) is 1. The predicted octanol–water partition coefficient (Wildman–Crippen LogP) is 4.55. The van der Waals surface area contributed by atoms with Crippen LogP contribution >= 0.6 is 27.5 Å². The minimum atomic E-state index is 0.421. The zero-order chi connectivity index (χ0) is 11.4. The average molecular weight is 292 g/mol. The first kappa shape index (κ1) is 12.9. The summed E-state index contributed by atoms with van der Waals surface area (Å²) in [6, 6.07) is 4.02. The Hall–Kier alpha value is -0.210. The van der Waals surface area contributed by atoms with Crippen molar-refractivity contribution in [3.63, 3.8) is 0 Å². The third kappa shape index (κ3) is 3.39. The molecule has 3 heteroatoms. The quantitative estimate of drug-likeness (QED) is 0.740. The molecule has 15 heavy (non-hydrogen) atoms. The van der Waals surface area contributed by atoms with Crippen molar-refractivity contribution in [1.29, 1.82) is 0 Å². The molecule has 0 aliphatic carbocycles. The molecule has 0 unspecified atom stereocenters. The smallest absolute Gasteiger partial charge is 0.122 e. The molecule has 1 nitrogen and oxygen atoms in total. The third-order valence-electron chi connectivity index (χ3n) is 2.25. The van der Waals surface area contributed by atoms with Crippen molar-refractivity contribution in [2.75, 3.05) is 11.9 Å². The van der Waals surface area contributed by atoms with Gasteiger partial charge < -0.3 is 4.74 Å². The molecule has 1 aromatic rings. The highest BCUT2D eigenvalue weighted by Gasteiger charge is 2.09. The van der Waals surface area contributed by atoms with Gasteiger partial charge in [-0.1, -0.05) is 41.4 Å². The molecule has 1 rings (SSSR count). The summed E-state index contributed by atoms with van der Waals surface area (Å²) in [5, 5.41) is 1.67. The second kappa shape index (κ2) is 5.76. The molecule has 0 bridgehead atoms. The molecule has 0 amide bonds. The summed E-state index contributed by atoms with van der Waals surface area (Å²) in [5.41, 5.74) is 2.23. The van der Waals surface area contributed by atoms with Crippen LogP contribution in [-0.2, 0) is 0 Å². The standard InChI is InChI=1S/C12H16BrClO/c1-8(2)10-7-12(15-5-4-13)9(3)6-11(10)14/h6-8H,4-5H2,1-3H3. The van der Waals surface area contributed by atoms with E-state index in [0.717, 1.165) is 27.2 Å². The summed E-state index contributed by atoms with van der Waals surface area (Å²) >= 11 is 9.51. The van der Waals surface area contributed by atoms with E-state index in [1.165, 1.54) is 0 Å². The number of alkyl halides is 1. The van der Waals surface area contributed by atoms with E-state index in [1.807, 2.05) is 19.1 Å². The Labute approximate surface area is 105 Å². The van der Waals surface area contributed by atoms with Crippen LogP contribution in [-0.4, -0.2) is 11.9 Å². The number of ether oxygens (including phenoxy) is 1. The van der Waals surface area contributed by atoms with Crippen LogP contribution in [0.25, 0.3) is 0 Å². The van der Waals surface area contributed by atoms with Crippen molar-refractivity contribution < 1.29 is 4.74 Å². The van der Waals surface area contributed by atoms with E-state index < -0.39 is 0 Å². The van der Waals surface area contributed by atoms with Crippen molar-refractivity contribution in [2.45, 2.75) is 26.7 Å². The monoisotopic (exact) mass is 290 g/mol. The van der Waals surface area contributed by atoms with Crippen molar-refractivity contribution in [1.82, 2.24) is 0 Å². The molecule has 0 saturated heterocycles. The lowest BCUT2D eigenvalue weighted by molar-refractivity contribution is 0.342. The summed E-state index contributed by atoms with van der Waals surface area (Å²) in [5.74, 6) is 1.35. The molecule has 0 radical (unpaired) electrons. The van der Waals surface area contributed by atoms with E-state index >= 15 is 0 Å². The van der Waals surface area contributed by atoms with E-state index in [2.05, 4.69) is 29.8 Å². The molecule has 0 fully saturated rings. The van der Waals surface area contributed by atoms with Crippen LogP contribution in [0.2, 0.25) is 5.02 Å². The summed E-state index contributed by atoms with van der Waals surface area (Å²) in [7, 11) is 0. The number of aryl methyl sites for hydroxylation is 1. The van der Waals surface area contributed by atoms with Gasteiger partial charge in [0, 0.05) is 10.4 Å². The van der Waals surface area contributed by atoms with Crippen LogP contribution in [0.15, 0.2) is 12.1 Å². The summed E-state index contributed by atoms with van der Waals surface area (Å²) in [6.45, 7) is 6.95. The SMILES string of the molecule is Cc1cc(Cl)c(C(C)C)cc1OCCBr. The molecule has 0 N–H and O–H groups in total. The molecule has 0 aliphatic rings. The lowest BCUT2D eigenvalue weighted by Gasteiger charge is -2.14. The molecule has 0 saturated carbocycles. The van der Waals surface area contributed by atoms with Gasteiger partial charge in [-0.2, -0.15) is 0 Å². The van der Waals surface area contributed by atoms with E-state index in [1.54, 1.807) is 0 Å². The highest BCUT2D eigenvalue weighted by molar-refractivity contribution is 9.09. The predicted molar refractivity (Wildman–Crippen MR) is 69.6 cm³/mol. The maximum absolute atomic E-state index is 6.17. The van der Waals surface area contributed by atoms with Crippen molar-refractivity contribution in [3.8, 4) is 5.75 Å². The van der Waals surface area contributed by atoms with Crippen molar-refractivity contribution >= 4 is 27.5 Å². The lowest BCUT2D eigenvalue weighted by atomic mass is 10.0. The Morgan fingerprint density at radius 3 is 2.60 bits per heavy atom. The van der Waals surface area contributed by atoms with Crippen LogP contribution in [0.1, 0.15) is 30.9 Å². The average Bonchev–Trinajstić information content (AvgIpc) is 2.16. The maximum atomic E-state index is 6.17. The van der Waals surface area contributed by atoms with Crippen LogP contribution in [0.5, 0.6) is 5.75 Å². The molecular weight excluding hydrogens is 275 g/mol. The molecule has 0 heterocycles. The largest absolute Gasteiger partial charge is 0.492 e. The van der Waals surface area contributed by atoms with Crippen LogP contribution in [0, 0.1) is 6.92 Å². The zero-order valence-corrected chi connectivity index (χ0v) is 11.7. The van der Waals surface area contributed by atoms with Crippen LogP contribution in [0.4, 0.5) is 0 Å². The topological polar surface area (TPSA) is 9.23 Å². The minimum Gasteiger partial charge on any atom is -0.492 e.